The molecule has 0 fully saturated rings. The Hall–Kier alpha value is -3.36. The van der Waals surface area contributed by atoms with E-state index in [0.29, 0.717) is 17.8 Å². The maximum Gasteiger partial charge on any atom is 0.339 e. The van der Waals surface area contributed by atoms with Gasteiger partial charge in [0.2, 0.25) is 5.91 Å². The number of hydrogen-bond acceptors (Lipinski definition) is 6. The number of carboxylic acid groups (broad SMARTS) is 1. The summed E-state index contributed by atoms with van der Waals surface area (Å²) in [6, 6.07) is 4.06. The second-order valence-corrected chi connectivity index (χ2v) is 7.69. The van der Waals surface area contributed by atoms with Crippen molar-refractivity contribution in [2.75, 3.05) is 13.2 Å². The number of benzene rings is 1. The van der Waals surface area contributed by atoms with Gasteiger partial charge in [0.1, 0.15) is 17.4 Å². The minimum atomic E-state index is -1.12. The molecule has 0 bridgehead atoms. The molecule has 3 N–H and O–H groups in total. The molecule has 31 heavy (non-hydrogen) atoms. The number of ether oxygens (including phenoxy) is 1. The third-order valence-corrected chi connectivity index (χ3v) is 5.56. The summed E-state index contributed by atoms with van der Waals surface area (Å²) in [6.07, 6.45) is 3.08. The summed E-state index contributed by atoms with van der Waals surface area (Å²) < 4.78 is 10.8. The number of carbonyl (C=O) groups excluding carboxylic acids is 2. The van der Waals surface area contributed by atoms with Crippen LogP contribution in [0.2, 0.25) is 0 Å². The van der Waals surface area contributed by atoms with Gasteiger partial charge in [0.05, 0.1) is 6.54 Å². The number of fused-ring (bicyclic) bond motifs is 3. The predicted molar refractivity (Wildman–Crippen MR) is 112 cm³/mol. The van der Waals surface area contributed by atoms with Crippen molar-refractivity contribution in [1.29, 1.82) is 0 Å². The summed E-state index contributed by atoms with van der Waals surface area (Å²) in [5, 5.41) is 14.9. The SMILES string of the molecule is CCC(C)C(NC(=O)CNC(=O)COc1ccc2c3c(c(=O)oc2c1)CCC3)C(=O)O. The van der Waals surface area contributed by atoms with Crippen molar-refractivity contribution >= 4 is 28.8 Å². The molecule has 0 aliphatic heterocycles. The van der Waals surface area contributed by atoms with Crippen LogP contribution >= 0.6 is 0 Å². The van der Waals surface area contributed by atoms with Gasteiger partial charge in [-0.3, -0.25) is 9.59 Å². The van der Waals surface area contributed by atoms with Gasteiger partial charge >= 0.3 is 11.6 Å². The molecule has 2 atom stereocenters. The first-order chi connectivity index (χ1) is 14.8. The second-order valence-electron chi connectivity index (χ2n) is 7.69. The van der Waals surface area contributed by atoms with Gasteiger partial charge in [0, 0.05) is 17.0 Å². The van der Waals surface area contributed by atoms with Crippen molar-refractivity contribution in [3.63, 3.8) is 0 Å². The molecule has 0 saturated heterocycles. The molecule has 1 aromatic carbocycles. The zero-order chi connectivity index (χ0) is 22.5. The Morgan fingerprint density at radius 2 is 1.94 bits per heavy atom. The van der Waals surface area contributed by atoms with E-state index in [1.54, 1.807) is 19.1 Å². The zero-order valence-electron chi connectivity index (χ0n) is 17.5. The molecule has 1 aliphatic carbocycles. The summed E-state index contributed by atoms with van der Waals surface area (Å²) in [6.45, 7) is 2.85. The fourth-order valence-electron chi connectivity index (χ4n) is 3.64. The standard InChI is InChI=1S/C22H26N2O7/c1-3-12(2)20(21(27)28)24-18(25)10-23-19(26)11-30-13-7-8-15-14-5-4-6-16(14)22(29)31-17(15)9-13/h7-9,12,20H,3-6,10-11H2,1-2H3,(H,23,26)(H,24,25)(H,27,28). The maximum atomic E-state index is 12.1. The van der Waals surface area contributed by atoms with Crippen LogP contribution in [0.4, 0.5) is 0 Å². The summed E-state index contributed by atoms with van der Waals surface area (Å²) in [4.78, 5) is 47.3. The molecular formula is C22H26N2O7. The second kappa shape index (κ2) is 9.63. The lowest BCUT2D eigenvalue weighted by Crippen LogP contribution is -2.48. The van der Waals surface area contributed by atoms with Gasteiger partial charge in [-0.1, -0.05) is 20.3 Å². The smallest absolute Gasteiger partial charge is 0.339 e. The molecule has 2 aromatic rings. The number of amides is 2. The Labute approximate surface area is 178 Å². The normalized spacial score (nSPS) is 14.5. The lowest BCUT2D eigenvalue weighted by molar-refractivity contribution is -0.143. The quantitative estimate of drug-likeness (QED) is 0.512. The first-order valence-corrected chi connectivity index (χ1v) is 10.3. The molecule has 3 rings (SSSR count). The van der Waals surface area contributed by atoms with E-state index in [1.807, 2.05) is 13.0 Å². The van der Waals surface area contributed by atoms with Gasteiger partial charge in [-0.05, 0) is 42.9 Å². The van der Waals surface area contributed by atoms with Crippen molar-refractivity contribution in [3.8, 4) is 5.75 Å². The number of aryl methyl sites for hydroxylation is 1. The minimum absolute atomic E-state index is 0.241. The van der Waals surface area contributed by atoms with Gasteiger partial charge in [-0.2, -0.15) is 0 Å². The average molecular weight is 430 g/mol. The minimum Gasteiger partial charge on any atom is -0.484 e. The largest absolute Gasteiger partial charge is 0.484 e. The van der Waals surface area contributed by atoms with Crippen LogP contribution in [0.25, 0.3) is 11.0 Å². The van der Waals surface area contributed by atoms with Crippen molar-refractivity contribution < 1.29 is 28.6 Å². The Kier molecular flexibility index (Phi) is 6.94. The van der Waals surface area contributed by atoms with Crippen molar-refractivity contribution in [1.82, 2.24) is 10.6 Å². The number of carbonyl (C=O) groups is 3. The third-order valence-electron chi connectivity index (χ3n) is 5.56. The highest BCUT2D eigenvalue weighted by atomic mass is 16.5. The Morgan fingerprint density at radius 3 is 2.65 bits per heavy atom. The molecule has 166 valence electrons. The van der Waals surface area contributed by atoms with E-state index in [9.17, 15) is 24.3 Å². The molecule has 1 aromatic heterocycles. The number of carboxylic acids is 1. The number of rotatable bonds is 9. The molecular weight excluding hydrogens is 404 g/mol. The van der Waals surface area contributed by atoms with Crippen LogP contribution in [0.5, 0.6) is 5.75 Å². The van der Waals surface area contributed by atoms with Crippen molar-refractivity contribution in [3.05, 3.63) is 39.7 Å². The molecule has 9 nitrogen and oxygen atoms in total. The van der Waals surface area contributed by atoms with Gasteiger partial charge in [-0.25, -0.2) is 9.59 Å². The van der Waals surface area contributed by atoms with E-state index in [-0.39, 0.29) is 24.7 Å². The molecule has 0 radical (unpaired) electrons. The van der Waals surface area contributed by atoms with E-state index in [1.165, 1.54) is 0 Å². The van der Waals surface area contributed by atoms with Crippen LogP contribution in [-0.4, -0.2) is 42.1 Å². The topological polar surface area (TPSA) is 135 Å². The van der Waals surface area contributed by atoms with Gasteiger partial charge in [0.15, 0.2) is 6.61 Å². The van der Waals surface area contributed by atoms with Crippen molar-refractivity contribution in [2.45, 2.75) is 45.6 Å². The number of nitrogens with one attached hydrogen (secondary N) is 2. The number of hydrogen-bond donors (Lipinski definition) is 3. The lowest BCUT2D eigenvalue weighted by Gasteiger charge is -2.20. The lowest BCUT2D eigenvalue weighted by atomic mass is 9.99. The molecule has 9 heteroatoms. The molecule has 1 aliphatic rings. The van der Waals surface area contributed by atoms with Gasteiger partial charge < -0.3 is 24.9 Å². The van der Waals surface area contributed by atoms with E-state index in [4.69, 9.17) is 9.15 Å². The molecule has 0 spiro atoms. The monoisotopic (exact) mass is 430 g/mol. The molecule has 2 amide bonds. The van der Waals surface area contributed by atoms with Crippen LogP contribution in [0.1, 0.15) is 37.8 Å². The Morgan fingerprint density at radius 1 is 1.19 bits per heavy atom. The van der Waals surface area contributed by atoms with Crippen LogP contribution in [0.15, 0.2) is 27.4 Å². The van der Waals surface area contributed by atoms with Gasteiger partial charge in [0.25, 0.3) is 5.91 Å². The third kappa shape index (κ3) is 5.22. The van der Waals surface area contributed by atoms with Crippen LogP contribution in [0.3, 0.4) is 0 Å². The maximum absolute atomic E-state index is 12.1. The molecule has 2 unspecified atom stereocenters. The fourth-order valence-corrected chi connectivity index (χ4v) is 3.64. The average Bonchev–Trinajstić information content (AvgIpc) is 3.24. The Balaban J connectivity index is 1.53. The highest BCUT2D eigenvalue weighted by Crippen LogP contribution is 2.29. The van der Waals surface area contributed by atoms with E-state index >= 15 is 0 Å². The molecule has 1 heterocycles. The first kappa shape index (κ1) is 22.3. The first-order valence-electron chi connectivity index (χ1n) is 10.3. The fraction of sp³-hybridized carbons (Fsp3) is 0.455. The molecule has 0 saturated carbocycles. The van der Waals surface area contributed by atoms with Crippen LogP contribution in [0, 0.1) is 5.92 Å². The summed E-state index contributed by atoms with van der Waals surface area (Å²) in [5.74, 6) is -2.14. The predicted octanol–water partition coefficient (Wildman–Crippen LogP) is 1.39. The highest BCUT2D eigenvalue weighted by Gasteiger charge is 2.25. The van der Waals surface area contributed by atoms with E-state index in [2.05, 4.69) is 10.6 Å². The van der Waals surface area contributed by atoms with E-state index < -0.39 is 23.8 Å². The highest BCUT2D eigenvalue weighted by molar-refractivity contribution is 5.88. The summed E-state index contributed by atoms with van der Waals surface area (Å²) in [7, 11) is 0. The van der Waals surface area contributed by atoms with E-state index in [0.717, 1.165) is 35.8 Å². The number of aliphatic carboxylic acids is 1. The summed E-state index contributed by atoms with van der Waals surface area (Å²) in [5.41, 5.74) is 1.82. The summed E-state index contributed by atoms with van der Waals surface area (Å²) >= 11 is 0. The Bertz CT molecular complexity index is 1060. The van der Waals surface area contributed by atoms with Gasteiger partial charge in [-0.15, -0.1) is 0 Å². The van der Waals surface area contributed by atoms with Crippen LogP contribution < -0.4 is 21.0 Å². The van der Waals surface area contributed by atoms with Crippen molar-refractivity contribution in [2.24, 2.45) is 5.92 Å². The van der Waals surface area contributed by atoms with Crippen LogP contribution in [-0.2, 0) is 27.2 Å². The zero-order valence-corrected chi connectivity index (χ0v) is 17.5.